The van der Waals surface area contributed by atoms with Gasteiger partial charge in [-0.25, -0.2) is 14.6 Å². The maximum Gasteiger partial charge on any atom is 0.407 e. The van der Waals surface area contributed by atoms with Crippen LogP contribution in [-0.4, -0.2) is 60.9 Å². The Labute approximate surface area is 289 Å². The lowest BCUT2D eigenvalue weighted by molar-refractivity contribution is -0.123. The number of anilines is 1. The zero-order valence-electron chi connectivity index (χ0n) is 27.4. The lowest BCUT2D eigenvalue weighted by Gasteiger charge is -2.19. The number of hydrogen-bond acceptors (Lipinski definition) is 9. The quantitative estimate of drug-likeness (QED) is 0.170. The number of thiophene rings is 1. The zero-order chi connectivity index (χ0) is 36.2. The third-order valence-electron chi connectivity index (χ3n) is 7.28. The normalized spacial score (nSPS) is 12.4. The highest BCUT2D eigenvalue weighted by atomic mass is 32.1. The van der Waals surface area contributed by atoms with Gasteiger partial charge < -0.3 is 30.2 Å². The van der Waals surface area contributed by atoms with Crippen LogP contribution in [0.3, 0.4) is 0 Å². The van der Waals surface area contributed by atoms with Crippen LogP contribution >= 0.6 is 11.3 Å². The molecule has 1 aliphatic heterocycles. The van der Waals surface area contributed by atoms with E-state index in [2.05, 4.69) is 15.6 Å². The van der Waals surface area contributed by atoms with Gasteiger partial charge >= 0.3 is 18.2 Å². The van der Waals surface area contributed by atoms with Crippen LogP contribution in [0.4, 0.5) is 23.7 Å². The standard InChI is InChI=1S/C35H33F3N4O7S/c1-34(2,3)49-33(46)39-17-19-5-7-21(8-6-19)41-30(43)24-15-25-27(48-13-11-20-12-14-50-29(20)25)16-23(24)22-9-10-26(42-28(22)32(45)47-4)31(44)40-18-35(36,37)38/h5-10,12,14-16H,11,13,17-18H2,1-4H3,(H,39,46)(H,40,44)(H,41,43). The summed E-state index contributed by atoms with van der Waals surface area (Å²) in [7, 11) is 1.09. The molecule has 50 heavy (non-hydrogen) atoms. The first-order chi connectivity index (χ1) is 23.6. The van der Waals surface area contributed by atoms with Crippen molar-refractivity contribution in [3.8, 4) is 27.3 Å². The number of alkyl carbamates (subject to hydrolysis) is 1. The Hall–Kier alpha value is -5.44. The number of benzene rings is 2. The molecule has 11 nitrogen and oxygen atoms in total. The van der Waals surface area contributed by atoms with E-state index in [0.717, 1.165) is 29.2 Å². The first-order valence-electron chi connectivity index (χ1n) is 15.3. The summed E-state index contributed by atoms with van der Waals surface area (Å²) < 4.78 is 54.5. The van der Waals surface area contributed by atoms with Crippen molar-refractivity contribution in [2.75, 3.05) is 25.6 Å². The predicted molar refractivity (Wildman–Crippen MR) is 179 cm³/mol. The smallest absolute Gasteiger partial charge is 0.407 e. The minimum Gasteiger partial charge on any atom is -0.493 e. The Morgan fingerprint density at radius 3 is 2.34 bits per heavy atom. The fraction of sp³-hybridized carbons (Fsp3) is 0.286. The van der Waals surface area contributed by atoms with E-state index in [9.17, 15) is 32.3 Å². The highest BCUT2D eigenvalue weighted by molar-refractivity contribution is 7.13. The number of halogens is 3. The van der Waals surface area contributed by atoms with Gasteiger partial charge in [0.2, 0.25) is 0 Å². The molecule has 2 aromatic carbocycles. The van der Waals surface area contributed by atoms with Crippen LogP contribution in [0, 0.1) is 0 Å². The number of esters is 1. The second-order valence-corrected chi connectivity index (χ2v) is 13.1. The number of ether oxygens (including phenoxy) is 3. The van der Waals surface area contributed by atoms with E-state index < -0.39 is 53.6 Å². The molecule has 3 heterocycles. The first kappa shape index (κ1) is 35.9. The van der Waals surface area contributed by atoms with Gasteiger partial charge in [-0.2, -0.15) is 13.2 Å². The van der Waals surface area contributed by atoms with Gasteiger partial charge in [-0.3, -0.25) is 9.59 Å². The highest BCUT2D eigenvalue weighted by Crippen LogP contribution is 2.43. The Balaban J connectivity index is 1.51. The molecule has 0 saturated carbocycles. The van der Waals surface area contributed by atoms with Gasteiger partial charge in [-0.15, -0.1) is 11.3 Å². The molecular weight excluding hydrogens is 677 g/mol. The van der Waals surface area contributed by atoms with Crippen LogP contribution in [0.15, 0.2) is 60.0 Å². The van der Waals surface area contributed by atoms with Gasteiger partial charge in [0.05, 0.1) is 13.7 Å². The van der Waals surface area contributed by atoms with Crippen LogP contribution in [0.1, 0.15) is 63.2 Å². The third-order valence-corrected chi connectivity index (χ3v) is 8.27. The van der Waals surface area contributed by atoms with Crippen molar-refractivity contribution in [1.29, 1.82) is 0 Å². The van der Waals surface area contributed by atoms with E-state index in [1.807, 2.05) is 11.4 Å². The van der Waals surface area contributed by atoms with Crippen molar-refractivity contribution >= 4 is 40.9 Å². The number of fused-ring (bicyclic) bond motifs is 3. The fourth-order valence-electron chi connectivity index (χ4n) is 5.05. The number of nitrogens with one attached hydrogen (secondary N) is 3. The number of pyridine rings is 1. The zero-order valence-corrected chi connectivity index (χ0v) is 28.3. The molecule has 0 aliphatic carbocycles. The lowest BCUT2D eigenvalue weighted by atomic mass is 9.93. The fourth-order valence-corrected chi connectivity index (χ4v) is 6.02. The molecule has 0 saturated heterocycles. The molecule has 3 amide bonds. The van der Waals surface area contributed by atoms with E-state index in [-0.39, 0.29) is 23.2 Å². The van der Waals surface area contributed by atoms with Crippen LogP contribution in [0.5, 0.6) is 5.75 Å². The minimum absolute atomic E-state index is 0.0833. The molecule has 0 unspecified atom stereocenters. The average molecular weight is 711 g/mol. The molecule has 5 rings (SSSR count). The van der Waals surface area contributed by atoms with E-state index in [4.69, 9.17) is 14.2 Å². The predicted octanol–water partition coefficient (Wildman–Crippen LogP) is 6.77. The van der Waals surface area contributed by atoms with Crippen molar-refractivity contribution in [3.05, 3.63) is 88.1 Å². The largest absolute Gasteiger partial charge is 0.493 e. The summed E-state index contributed by atoms with van der Waals surface area (Å²) in [6.45, 7) is 4.21. The summed E-state index contributed by atoms with van der Waals surface area (Å²) in [5.74, 6) is -2.27. The molecule has 262 valence electrons. The maximum atomic E-state index is 14.0. The number of carbonyl (C=O) groups is 4. The maximum absolute atomic E-state index is 14.0. The lowest BCUT2D eigenvalue weighted by Crippen LogP contribution is -2.34. The highest BCUT2D eigenvalue weighted by Gasteiger charge is 2.30. The van der Waals surface area contributed by atoms with Gasteiger partial charge in [0.1, 0.15) is 23.6 Å². The van der Waals surface area contributed by atoms with E-state index in [1.54, 1.807) is 62.5 Å². The van der Waals surface area contributed by atoms with Gasteiger partial charge in [-0.1, -0.05) is 12.1 Å². The van der Waals surface area contributed by atoms with Gasteiger partial charge in [0.25, 0.3) is 11.8 Å². The molecule has 0 fully saturated rings. The van der Waals surface area contributed by atoms with Crippen molar-refractivity contribution < 1.29 is 46.6 Å². The molecule has 0 radical (unpaired) electrons. The van der Waals surface area contributed by atoms with Crippen LogP contribution in [0.25, 0.3) is 21.6 Å². The van der Waals surface area contributed by atoms with Crippen LogP contribution in [-0.2, 0) is 22.4 Å². The summed E-state index contributed by atoms with van der Waals surface area (Å²) in [6.07, 6.45) is -4.61. The van der Waals surface area contributed by atoms with Crippen molar-refractivity contribution in [3.63, 3.8) is 0 Å². The summed E-state index contributed by atoms with van der Waals surface area (Å²) in [5, 5.41) is 9.20. The second kappa shape index (κ2) is 14.6. The summed E-state index contributed by atoms with van der Waals surface area (Å²) in [6, 6.07) is 14.4. The van der Waals surface area contributed by atoms with E-state index in [1.165, 1.54) is 17.4 Å². The molecule has 0 spiro atoms. The summed E-state index contributed by atoms with van der Waals surface area (Å²) in [4.78, 5) is 56.5. The molecule has 0 atom stereocenters. The van der Waals surface area contributed by atoms with Crippen molar-refractivity contribution in [2.45, 2.75) is 45.5 Å². The van der Waals surface area contributed by atoms with Gasteiger partial charge in [0.15, 0.2) is 5.69 Å². The molecule has 0 bridgehead atoms. The third kappa shape index (κ3) is 8.77. The number of hydrogen-bond donors (Lipinski definition) is 3. The second-order valence-electron chi connectivity index (χ2n) is 12.2. The Morgan fingerprint density at radius 1 is 0.920 bits per heavy atom. The number of alkyl halides is 3. The summed E-state index contributed by atoms with van der Waals surface area (Å²) >= 11 is 1.48. The van der Waals surface area contributed by atoms with Crippen LogP contribution < -0.4 is 20.7 Å². The monoisotopic (exact) mass is 710 g/mol. The molecule has 2 aromatic heterocycles. The topological polar surface area (TPSA) is 145 Å². The number of rotatable bonds is 8. The van der Waals surface area contributed by atoms with Crippen molar-refractivity contribution in [2.24, 2.45) is 0 Å². The SMILES string of the molecule is COC(=O)c1nc(C(=O)NCC(F)(F)F)ccc1-c1cc2c(cc1C(=O)Nc1ccc(CNC(=O)OC(C)(C)C)cc1)-c1sccc1CCO2. The van der Waals surface area contributed by atoms with Crippen LogP contribution in [0.2, 0.25) is 0 Å². The summed E-state index contributed by atoms with van der Waals surface area (Å²) in [5.41, 5.74) is 1.76. The molecule has 3 N–H and O–H groups in total. The molecular formula is C35H33F3N4O7S. The minimum atomic E-state index is -4.66. The molecule has 15 heteroatoms. The molecule has 1 aliphatic rings. The first-order valence-corrected chi connectivity index (χ1v) is 16.2. The average Bonchev–Trinajstić information content (AvgIpc) is 3.46. The molecule has 4 aromatic rings. The number of methoxy groups -OCH3 is 1. The Morgan fingerprint density at radius 2 is 1.66 bits per heavy atom. The number of amides is 3. The Kier molecular flexibility index (Phi) is 10.5. The Bertz CT molecular complexity index is 1940. The number of aromatic nitrogens is 1. The van der Waals surface area contributed by atoms with Crippen molar-refractivity contribution in [1.82, 2.24) is 15.6 Å². The van der Waals surface area contributed by atoms with E-state index in [0.29, 0.717) is 30.0 Å². The number of nitrogens with zero attached hydrogens (tertiary/aromatic N) is 1. The van der Waals surface area contributed by atoms with Gasteiger partial charge in [-0.05, 0) is 79.7 Å². The van der Waals surface area contributed by atoms with E-state index >= 15 is 0 Å². The number of carbonyl (C=O) groups excluding carboxylic acids is 4. The van der Waals surface area contributed by atoms with Gasteiger partial charge in [0, 0.05) is 45.8 Å².